The average Bonchev–Trinajstić information content (AvgIpc) is 3.25. The van der Waals surface area contributed by atoms with Crippen molar-refractivity contribution in [1.82, 2.24) is 19.8 Å². The minimum atomic E-state index is -0.473. The molecule has 1 saturated heterocycles. The van der Waals surface area contributed by atoms with Crippen molar-refractivity contribution in [2.24, 2.45) is 0 Å². The van der Waals surface area contributed by atoms with Gasteiger partial charge in [0.2, 0.25) is 5.82 Å². The van der Waals surface area contributed by atoms with Crippen molar-refractivity contribution < 1.29 is 19.1 Å². The van der Waals surface area contributed by atoms with Gasteiger partial charge in [0, 0.05) is 19.1 Å². The lowest BCUT2D eigenvalue weighted by molar-refractivity contribution is 0.0598. The summed E-state index contributed by atoms with van der Waals surface area (Å²) in [7, 11) is 2.98. The van der Waals surface area contributed by atoms with Crippen molar-refractivity contribution in [1.29, 1.82) is 0 Å². The van der Waals surface area contributed by atoms with E-state index in [2.05, 4.69) is 12.2 Å². The lowest BCUT2D eigenvalue weighted by Crippen LogP contribution is -2.47. The monoisotopic (exact) mass is 464 g/mol. The summed E-state index contributed by atoms with van der Waals surface area (Å²) in [5.74, 6) is 0.497. The molecule has 8 nitrogen and oxygen atoms in total. The summed E-state index contributed by atoms with van der Waals surface area (Å²) in [6.45, 7) is 4.95. The molecule has 1 amide bonds. The summed E-state index contributed by atoms with van der Waals surface area (Å²) in [5.41, 5.74) is 2.51. The first kappa shape index (κ1) is 23.8. The van der Waals surface area contributed by atoms with E-state index in [1.165, 1.54) is 7.11 Å². The summed E-state index contributed by atoms with van der Waals surface area (Å²) in [5, 5.41) is 3.37. The smallest absolute Gasteiger partial charge is 0.340 e. The summed E-state index contributed by atoms with van der Waals surface area (Å²) in [6.07, 6.45) is 2.68. The fraction of sp³-hybridized carbons (Fsp3) is 0.423. The van der Waals surface area contributed by atoms with Crippen LogP contribution in [0.4, 0.5) is 0 Å². The van der Waals surface area contributed by atoms with E-state index in [9.17, 15) is 9.59 Å². The molecule has 1 aromatic heterocycles. The van der Waals surface area contributed by atoms with Crippen molar-refractivity contribution in [3.05, 3.63) is 59.4 Å². The maximum atomic E-state index is 14.0. The van der Waals surface area contributed by atoms with Gasteiger partial charge in [-0.15, -0.1) is 0 Å². The van der Waals surface area contributed by atoms with Gasteiger partial charge >= 0.3 is 5.97 Å². The lowest BCUT2D eigenvalue weighted by Gasteiger charge is -2.34. The SMILES string of the molecule is CCCN(C(=O)c1nc2c(C(=O)OC)cccc2n1Cc1cccc(OC)c1)C1CCNCC1. The second-order valence-electron chi connectivity index (χ2n) is 8.52. The van der Waals surface area contributed by atoms with Crippen LogP contribution < -0.4 is 10.1 Å². The van der Waals surface area contributed by atoms with Crippen LogP contribution in [0.3, 0.4) is 0 Å². The molecule has 1 N–H and O–H groups in total. The molecule has 0 aliphatic carbocycles. The van der Waals surface area contributed by atoms with Crippen LogP contribution in [0.2, 0.25) is 0 Å². The van der Waals surface area contributed by atoms with E-state index in [1.54, 1.807) is 19.2 Å². The third-order valence-electron chi connectivity index (χ3n) is 6.33. The molecule has 0 unspecified atom stereocenters. The molecule has 0 bridgehead atoms. The number of aromatic nitrogens is 2. The number of carbonyl (C=O) groups is 2. The largest absolute Gasteiger partial charge is 0.497 e. The standard InChI is InChI=1S/C26H32N4O4/c1-4-15-29(19-11-13-27-14-12-19)25(31)24-28-23-21(26(32)34-3)9-6-10-22(23)30(24)17-18-7-5-8-20(16-18)33-2/h5-10,16,19,27H,4,11-15,17H2,1-3H3. The lowest BCUT2D eigenvalue weighted by atomic mass is 10.0. The average molecular weight is 465 g/mol. The van der Waals surface area contributed by atoms with Crippen molar-refractivity contribution >= 4 is 22.9 Å². The highest BCUT2D eigenvalue weighted by Gasteiger charge is 2.30. The first-order valence-corrected chi connectivity index (χ1v) is 11.8. The van der Waals surface area contributed by atoms with Gasteiger partial charge in [0.25, 0.3) is 5.91 Å². The number of methoxy groups -OCH3 is 2. The molecule has 0 atom stereocenters. The molecule has 34 heavy (non-hydrogen) atoms. The van der Waals surface area contributed by atoms with E-state index in [1.807, 2.05) is 39.8 Å². The summed E-state index contributed by atoms with van der Waals surface area (Å²) in [6, 6.07) is 13.3. The number of esters is 1. The van der Waals surface area contributed by atoms with E-state index in [0.29, 0.717) is 30.0 Å². The minimum Gasteiger partial charge on any atom is -0.497 e. The Morgan fingerprint density at radius 1 is 1.15 bits per heavy atom. The minimum absolute atomic E-state index is 0.108. The molecule has 8 heteroatoms. The summed E-state index contributed by atoms with van der Waals surface area (Å²) >= 11 is 0. The number of rotatable bonds is 8. The highest BCUT2D eigenvalue weighted by molar-refractivity contribution is 6.04. The van der Waals surface area contributed by atoms with Crippen LogP contribution in [0.5, 0.6) is 5.75 Å². The van der Waals surface area contributed by atoms with Gasteiger partial charge in [0.05, 0.1) is 25.3 Å². The summed E-state index contributed by atoms with van der Waals surface area (Å²) < 4.78 is 12.3. The third-order valence-corrected chi connectivity index (χ3v) is 6.33. The molecule has 2 heterocycles. The Balaban J connectivity index is 1.83. The maximum absolute atomic E-state index is 14.0. The number of ether oxygens (including phenoxy) is 2. The number of amides is 1. The molecule has 0 spiro atoms. The Bertz CT molecular complexity index is 1170. The van der Waals surface area contributed by atoms with Crippen LogP contribution in [-0.4, -0.2) is 66.2 Å². The van der Waals surface area contributed by atoms with Gasteiger partial charge in [0.1, 0.15) is 11.3 Å². The topological polar surface area (TPSA) is 85.7 Å². The van der Waals surface area contributed by atoms with Crippen LogP contribution in [0.25, 0.3) is 11.0 Å². The second-order valence-corrected chi connectivity index (χ2v) is 8.52. The van der Waals surface area contributed by atoms with Crippen LogP contribution in [0.1, 0.15) is 52.7 Å². The highest BCUT2D eigenvalue weighted by atomic mass is 16.5. The predicted molar refractivity (Wildman–Crippen MR) is 130 cm³/mol. The molecule has 3 aromatic rings. The molecule has 1 aliphatic heterocycles. The molecule has 0 saturated carbocycles. The number of piperidine rings is 1. The second kappa shape index (κ2) is 10.7. The van der Waals surface area contributed by atoms with E-state index in [0.717, 1.165) is 49.2 Å². The molecular formula is C26H32N4O4. The number of benzene rings is 2. The molecule has 180 valence electrons. The fourth-order valence-electron chi connectivity index (χ4n) is 4.64. The number of para-hydroxylation sites is 1. The van der Waals surface area contributed by atoms with Crippen LogP contribution in [-0.2, 0) is 11.3 Å². The van der Waals surface area contributed by atoms with Gasteiger partial charge in [-0.2, -0.15) is 0 Å². The quantitative estimate of drug-likeness (QED) is 0.514. The maximum Gasteiger partial charge on any atom is 0.340 e. The Morgan fingerprint density at radius 2 is 1.91 bits per heavy atom. The van der Waals surface area contributed by atoms with Gasteiger partial charge in [-0.25, -0.2) is 9.78 Å². The first-order chi connectivity index (χ1) is 16.6. The Labute approximate surface area is 199 Å². The first-order valence-electron chi connectivity index (χ1n) is 11.8. The molecule has 1 aliphatic rings. The van der Waals surface area contributed by atoms with E-state index in [-0.39, 0.29) is 11.9 Å². The predicted octanol–water partition coefficient (Wildman–Crippen LogP) is 3.48. The summed E-state index contributed by atoms with van der Waals surface area (Å²) in [4.78, 5) is 33.1. The highest BCUT2D eigenvalue weighted by Crippen LogP contribution is 2.25. The van der Waals surface area contributed by atoms with Gasteiger partial charge < -0.3 is 24.3 Å². The number of imidazole rings is 1. The van der Waals surface area contributed by atoms with Crippen LogP contribution >= 0.6 is 0 Å². The zero-order chi connectivity index (χ0) is 24.1. The number of carbonyl (C=O) groups excluding carboxylic acids is 2. The van der Waals surface area contributed by atoms with Crippen LogP contribution in [0.15, 0.2) is 42.5 Å². The Morgan fingerprint density at radius 3 is 2.62 bits per heavy atom. The Kier molecular flexibility index (Phi) is 7.47. The fourth-order valence-corrected chi connectivity index (χ4v) is 4.64. The molecule has 2 aromatic carbocycles. The molecule has 4 rings (SSSR count). The number of hydrogen-bond donors (Lipinski definition) is 1. The number of nitrogens with zero attached hydrogens (tertiary/aromatic N) is 3. The van der Waals surface area contributed by atoms with E-state index < -0.39 is 5.97 Å². The van der Waals surface area contributed by atoms with Crippen molar-refractivity contribution in [3.63, 3.8) is 0 Å². The number of hydrogen-bond acceptors (Lipinski definition) is 6. The van der Waals surface area contributed by atoms with Crippen molar-refractivity contribution in [2.45, 2.75) is 38.8 Å². The zero-order valence-electron chi connectivity index (χ0n) is 20.0. The van der Waals surface area contributed by atoms with E-state index in [4.69, 9.17) is 14.5 Å². The van der Waals surface area contributed by atoms with Crippen LogP contribution in [0, 0.1) is 0 Å². The Hall–Kier alpha value is -3.39. The van der Waals surface area contributed by atoms with Crippen molar-refractivity contribution in [2.75, 3.05) is 33.9 Å². The number of nitrogens with one attached hydrogen (secondary N) is 1. The van der Waals surface area contributed by atoms with Gasteiger partial charge in [-0.1, -0.05) is 25.1 Å². The van der Waals surface area contributed by atoms with Gasteiger partial charge in [0.15, 0.2) is 0 Å². The molecule has 1 fully saturated rings. The number of fused-ring (bicyclic) bond motifs is 1. The van der Waals surface area contributed by atoms with Crippen molar-refractivity contribution in [3.8, 4) is 5.75 Å². The van der Waals surface area contributed by atoms with Gasteiger partial charge in [-0.05, 0) is 62.2 Å². The molecule has 0 radical (unpaired) electrons. The normalized spacial score (nSPS) is 14.2. The zero-order valence-corrected chi connectivity index (χ0v) is 20.0. The van der Waals surface area contributed by atoms with E-state index >= 15 is 0 Å². The van der Waals surface area contributed by atoms with Gasteiger partial charge in [-0.3, -0.25) is 4.79 Å². The third kappa shape index (κ3) is 4.77. The molecular weight excluding hydrogens is 432 g/mol.